The standard InChI is InChI=1S/C19H20N4O5S2/c24-18(22-6-8-28-9-7-22)13-23-16-4-3-15(10-17(16)29-19(23)25)30(26,27)21-12-14-2-1-5-20-11-14/h1-5,10-11,21H,6-9,12-13H2. The monoisotopic (exact) mass is 448 g/mol. The van der Waals surface area contributed by atoms with Gasteiger partial charge in [-0.3, -0.25) is 19.1 Å². The molecule has 1 aromatic carbocycles. The number of benzene rings is 1. The zero-order valence-corrected chi connectivity index (χ0v) is 17.6. The van der Waals surface area contributed by atoms with Crippen LogP contribution in [0.1, 0.15) is 5.56 Å². The van der Waals surface area contributed by atoms with E-state index in [-0.39, 0.29) is 28.8 Å². The van der Waals surface area contributed by atoms with Gasteiger partial charge in [0, 0.05) is 32.0 Å². The Morgan fingerprint density at radius 3 is 2.77 bits per heavy atom. The quantitative estimate of drug-likeness (QED) is 0.597. The maximum atomic E-state index is 12.6. The molecule has 0 spiro atoms. The molecule has 0 atom stereocenters. The number of sulfonamides is 1. The predicted molar refractivity (Wildman–Crippen MR) is 112 cm³/mol. The van der Waals surface area contributed by atoms with Crippen LogP contribution in [-0.2, 0) is 32.6 Å². The minimum Gasteiger partial charge on any atom is -0.378 e. The molecule has 0 radical (unpaired) electrons. The Balaban J connectivity index is 1.54. The molecule has 1 saturated heterocycles. The number of carbonyl (C=O) groups is 1. The molecule has 0 unspecified atom stereocenters. The van der Waals surface area contributed by atoms with Crippen molar-refractivity contribution in [2.75, 3.05) is 26.3 Å². The van der Waals surface area contributed by atoms with E-state index in [0.717, 1.165) is 16.9 Å². The summed E-state index contributed by atoms with van der Waals surface area (Å²) in [6.45, 7) is 2.00. The lowest BCUT2D eigenvalue weighted by Gasteiger charge is -2.26. The molecule has 0 aliphatic carbocycles. The lowest BCUT2D eigenvalue weighted by atomic mass is 10.3. The zero-order chi connectivity index (χ0) is 21.1. The fourth-order valence-corrected chi connectivity index (χ4v) is 5.22. The van der Waals surface area contributed by atoms with E-state index in [9.17, 15) is 18.0 Å². The molecule has 4 rings (SSSR count). The first-order valence-electron chi connectivity index (χ1n) is 9.31. The molecule has 1 N–H and O–H groups in total. The molecule has 2 aromatic heterocycles. The Kier molecular flexibility index (Phi) is 5.95. The number of amides is 1. The topological polar surface area (TPSA) is 111 Å². The summed E-state index contributed by atoms with van der Waals surface area (Å²) in [5, 5.41) is 0. The number of carbonyl (C=O) groups excluding carboxylic acids is 1. The van der Waals surface area contributed by atoms with E-state index in [2.05, 4.69) is 9.71 Å². The molecule has 1 amide bonds. The maximum Gasteiger partial charge on any atom is 0.308 e. The Labute approximate surface area is 177 Å². The van der Waals surface area contributed by atoms with Crippen molar-refractivity contribution in [1.29, 1.82) is 0 Å². The maximum absolute atomic E-state index is 12.6. The highest BCUT2D eigenvalue weighted by Crippen LogP contribution is 2.22. The largest absolute Gasteiger partial charge is 0.378 e. The fraction of sp³-hybridized carbons (Fsp3) is 0.316. The van der Waals surface area contributed by atoms with Gasteiger partial charge in [0.15, 0.2) is 0 Å². The van der Waals surface area contributed by atoms with Crippen LogP contribution >= 0.6 is 11.3 Å². The van der Waals surface area contributed by atoms with Gasteiger partial charge in [0.05, 0.1) is 28.3 Å². The molecule has 1 aliphatic heterocycles. The highest BCUT2D eigenvalue weighted by atomic mass is 32.2. The van der Waals surface area contributed by atoms with Crippen LogP contribution in [0.15, 0.2) is 52.4 Å². The molecule has 1 fully saturated rings. The Hall–Kier alpha value is -2.60. The number of hydrogen-bond donors (Lipinski definition) is 1. The summed E-state index contributed by atoms with van der Waals surface area (Å²) in [5.41, 5.74) is 1.28. The molecule has 30 heavy (non-hydrogen) atoms. The van der Waals surface area contributed by atoms with E-state index in [1.165, 1.54) is 16.7 Å². The number of nitrogens with zero attached hydrogens (tertiary/aromatic N) is 3. The number of hydrogen-bond acceptors (Lipinski definition) is 7. The summed E-state index contributed by atoms with van der Waals surface area (Å²) in [6.07, 6.45) is 3.20. The first-order chi connectivity index (χ1) is 14.4. The van der Waals surface area contributed by atoms with Gasteiger partial charge < -0.3 is 9.64 Å². The van der Waals surface area contributed by atoms with Crippen molar-refractivity contribution in [2.45, 2.75) is 18.0 Å². The molecular weight excluding hydrogens is 428 g/mol. The van der Waals surface area contributed by atoms with Gasteiger partial charge in [-0.25, -0.2) is 13.1 Å². The van der Waals surface area contributed by atoms with Gasteiger partial charge in [0.2, 0.25) is 15.9 Å². The number of rotatable bonds is 6. The number of ether oxygens (including phenoxy) is 1. The number of aromatic nitrogens is 2. The third-order valence-corrected chi connectivity index (χ3v) is 7.14. The smallest absolute Gasteiger partial charge is 0.308 e. The molecule has 3 aromatic rings. The second-order valence-electron chi connectivity index (χ2n) is 6.76. The van der Waals surface area contributed by atoms with Crippen LogP contribution in [-0.4, -0.2) is 55.1 Å². The van der Waals surface area contributed by atoms with Gasteiger partial charge >= 0.3 is 4.87 Å². The molecule has 0 saturated carbocycles. The minimum absolute atomic E-state index is 0.0618. The van der Waals surface area contributed by atoms with E-state index >= 15 is 0 Å². The molecular formula is C19H20N4O5S2. The van der Waals surface area contributed by atoms with Gasteiger partial charge in [-0.2, -0.15) is 0 Å². The van der Waals surface area contributed by atoms with Crippen LogP contribution < -0.4 is 9.60 Å². The van der Waals surface area contributed by atoms with Crippen molar-refractivity contribution in [3.8, 4) is 0 Å². The van der Waals surface area contributed by atoms with Gasteiger partial charge in [-0.1, -0.05) is 17.4 Å². The minimum atomic E-state index is -3.77. The third kappa shape index (κ3) is 4.43. The predicted octanol–water partition coefficient (Wildman–Crippen LogP) is 0.795. The number of fused-ring (bicyclic) bond motifs is 1. The first-order valence-corrected chi connectivity index (χ1v) is 11.6. The van der Waals surface area contributed by atoms with Gasteiger partial charge in [-0.05, 0) is 29.8 Å². The summed E-state index contributed by atoms with van der Waals surface area (Å²) in [6, 6.07) is 7.97. The lowest BCUT2D eigenvalue weighted by molar-refractivity contribution is -0.135. The molecule has 158 valence electrons. The summed E-state index contributed by atoms with van der Waals surface area (Å²) in [4.78, 5) is 30.3. The van der Waals surface area contributed by atoms with Gasteiger partial charge in [-0.15, -0.1) is 0 Å². The van der Waals surface area contributed by atoms with Gasteiger partial charge in [0.25, 0.3) is 0 Å². The normalized spacial score (nSPS) is 14.9. The fourth-order valence-electron chi connectivity index (χ4n) is 3.18. The molecule has 0 bridgehead atoms. The second kappa shape index (κ2) is 8.64. The first kappa shape index (κ1) is 20.7. The Morgan fingerprint density at radius 2 is 2.03 bits per heavy atom. The Bertz CT molecular complexity index is 1210. The summed E-state index contributed by atoms with van der Waals surface area (Å²) >= 11 is 0.922. The molecule has 3 heterocycles. The second-order valence-corrected chi connectivity index (χ2v) is 9.52. The number of pyridine rings is 1. The zero-order valence-electron chi connectivity index (χ0n) is 16.0. The van der Waals surface area contributed by atoms with Crippen LogP contribution in [0.25, 0.3) is 10.2 Å². The average molecular weight is 449 g/mol. The SMILES string of the molecule is O=C(Cn1c(=O)sc2cc(S(=O)(=O)NCc3cccnc3)ccc21)N1CCOCC1. The van der Waals surface area contributed by atoms with Crippen LogP contribution in [0.2, 0.25) is 0 Å². The third-order valence-electron chi connectivity index (χ3n) is 4.80. The summed E-state index contributed by atoms with van der Waals surface area (Å²) in [7, 11) is -3.77. The average Bonchev–Trinajstić information content (AvgIpc) is 3.08. The van der Waals surface area contributed by atoms with Crippen LogP contribution in [0.3, 0.4) is 0 Å². The highest BCUT2D eigenvalue weighted by Gasteiger charge is 2.21. The molecule has 1 aliphatic rings. The van der Waals surface area contributed by atoms with Crippen molar-refractivity contribution < 1.29 is 17.9 Å². The summed E-state index contributed by atoms with van der Waals surface area (Å²) in [5.74, 6) is -0.157. The number of nitrogens with one attached hydrogen (secondary N) is 1. The van der Waals surface area contributed by atoms with E-state index in [1.54, 1.807) is 35.5 Å². The number of morpholine rings is 1. The van der Waals surface area contributed by atoms with E-state index in [4.69, 9.17) is 4.74 Å². The van der Waals surface area contributed by atoms with Crippen molar-refractivity contribution in [3.05, 3.63) is 58.0 Å². The van der Waals surface area contributed by atoms with Crippen LogP contribution in [0.5, 0.6) is 0 Å². The Morgan fingerprint density at radius 1 is 1.23 bits per heavy atom. The van der Waals surface area contributed by atoms with Gasteiger partial charge in [0.1, 0.15) is 6.54 Å². The van der Waals surface area contributed by atoms with Crippen molar-refractivity contribution >= 4 is 37.5 Å². The highest BCUT2D eigenvalue weighted by molar-refractivity contribution is 7.89. The van der Waals surface area contributed by atoms with E-state index in [1.807, 2.05) is 0 Å². The lowest BCUT2D eigenvalue weighted by Crippen LogP contribution is -2.43. The van der Waals surface area contributed by atoms with Crippen molar-refractivity contribution in [3.63, 3.8) is 0 Å². The van der Waals surface area contributed by atoms with Crippen LogP contribution in [0, 0.1) is 0 Å². The van der Waals surface area contributed by atoms with Crippen LogP contribution in [0.4, 0.5) is 0 Å². The summed E-state index contributed by atoms with van der Waals surface area (Å²) < 4.78 is 35.0. The van der Waals surface area contributed by atoms with Crippen molar-refractivity contribution in [1.82, 2.24) is 19.2 Å². The van der Waals surface area contributed by atoms with E-state index < -0.39 is 10.0 Å². The van der Waals surface area contributed by atoms with E-state index in [0.29, 0.717) is 36.5 Å². The molecule has 9 nitrogen and oxygen atoms in total. The number of thiazole rings is 1. The van der Waals surface area contributed by atoms with Crippen molar-refractivity contribution in [2.24, 2.45) is 0 Å². The molecule has 11 heteroatoms.